The lowest BCUT2D eigenvalue weighted by Crippen LogP contribution is -1.96. The van der Waals surface area contributed by atoms with E-state index < -0.39 is 0 Å². The van der Waals surface area contributed by atoms with Crippen molar-refractivity contribution in [2.45, 2.75) is 12.8 Å². The quantitative estimate of drug-likeness (QED) is 0.366. The van der Waals surface area contributed by atoms with E-state index in [0.29, 0.717) is 0 Å². The molecule has 0 saturated carbocycles. The Morgan fingerprint density at radius 2 is 2.22 bits per heavy atom. The normalized spacial score (nSPS) is 8.89. The lowest BCUT2D eigenvalue weighted by Gasteiger charge is -1.96. The van der Waals surface area contributed by atoms with Crippen LogP contribution in [0.15, 0.2) is 0 Å². The molecular weight excluding hydrogens is 180 g/mol. The first-order valence-electron chi connectivity index (χ1n) is 2.99. The number of alkyl halides is 1. The van der Waals surface area contributed by atoms with E-state index >= 15 is 0 Å². The summed E-state index contributed by atoms with van der Waals surface area (Å²) in [5, 5.41) is 0.906. The molecule has 0 aromatic carbocycles. The molecule has 0 bridgehead atoms. The molecule has 0 aromatic heterocycles. The average molecular weight is 191 g/mol. The Hall–Kier alpha value is 0. The van der Waals surface area contributed by atoms with Gasteiger partial charge in [0.25, 0.3) is 0 Å². The summed E-state index contributed by atoms with van der Waals surface area (Å²) in [7, 11) is 0. The van der Waals surface area contributed by atoms with E-state index in [1.807, 2.05) is 0 Å². The number of unbranched alkanes of at least 4 members (excludes halogenated alkanes) is 1. The second-order valence-electron chi connectivity index (χ2n) is 1.61. The minimum atomic E-state index is 0.782. The van der Waals surface area contributed by atoms with Gasteiger partial charge in [-0.1, -0.05) is 15.9 Å². The molecule has 0 saturated heterocycles. The third kappa shape index (κ3) is 8.00. The standard InChI is InChI=1S/C7H11BrO/c1-2-3-4-6-9-7-5-8/h1H,3-7H2. The average Bonchev–Trinajstić information content (AvgIpc) is 1.89. The van der Waals surface area contributed by atoms with E-state index in [4.69, 9.17) is 11.2 Å². The molecule has 0 amide bonds. The summed E-state index contributed by atoms with van der Waals surface area (Å²) >= 11 is 3.25. The van der Waals surface area contributed by atoms with Gasteiger partial charge < -0.3 is 4.74 Å². The first-order chi connectivity index (χ1) is 4.41. The molecule has 0 unspecified atom stereocenters. The predicted octanol–water partition coefficient (Wildman–Crippen LogP) is 1.81. The van der Waals surface area contributed by atoms with Crippen molar-refractivity contribution in [3.8, 4) is 12.3 Å². The van der Waals surface area contributed by atoms with Gasteiger partial charge in [-0.2, -0.15) is 0 Å². The Balaban J connectivity index is 2.69. The van der Waals surface area contributed by atoms with Crippen molar-refractivity contribution in [3.05, 3.63) is 0 Å². The monoisotopic (exact) mass is 190 g/mol. The zero-order valence-corrected chi connectivity index (χ0v) is 6.99. The van der Waals surface area contributed by atoms with Gasteiger partial charge in [-0.3, -0.25) is 0 Å². The minimum Gasteiger partial charge on any atom is -0.381 e. The Morgan fingerprint density at radius 3 is 2.78 bits per heavy atom. The third-order valence-corrected chi connectivity index (χ3v) is 1.16. The zero-order chi connectivity index (χ0) is 6.95. The van der Waals surface area contributed by atoms with E-state index in [1.54, 1.807) is 0 Å². The van der Waals surface area contributed by atoms with Gasteiger partial charge >= 0.3 is 0 Å². The van der Waals surface area contributed by atoms with Crippen LogP contribution in [0, 0.1) is 12.3 Å². The molecule has 0 aromatic rings. The van der Waals surface area contributed by atoms with Gasteiger partial charge in [-0.05, 0) is 6.42 Å². The number of hydrogen-bond acceptors (Lipinski definition) is 1. The van der Waals surface area contributed by atoms with Crippen molar-refractivity contribution >= 4 is 15.9 Å². The van der Waals surface area contributed by atoms with Crippen LogP contribution in [0.25, 0.3) is 0 Å². The summed E-state index contributed by atoms with van der Waals surface area (Å²) in [5.41, 5.74) is 0. The molecule has 0 spiro atoms. The van der Waals surface area contributed by atoms with Crippen LogP contribution in [0.1, 0.15) is 12.8 Å². The van der Waals surface area contributed by atoms with E-state index in [9.17, 15) is 0 Å². The molecule has 1 nitrogen and oxygen atoms in total. The summed E-state index contributed by atoms with van der Waals surface area (Å²) < 4.78 is 5.14. The van der Waals surface area contributed by atoms with Crippen LogP contribution in [0.5, 0.6) is 0 Å². The zero-order valence-electron chi connectivity index (χ0n) is 5.40. The maximum atomic E-state index is 5.14. The highest BCUT2D eigenvalue weighted by Gasteiger charge is 1.83. The highest BCUT2D eigenvalue weighted by molar-refractivity contribution is 9.09. The van der Waals surface area contributed by atoms with E-state index in [-0.39, 0.29) is 0 Å². The van der Waals surface area contributed by atoms with Gasteiger partial charge in [-0.15, -0.1) is 12.3 Å². The molecule has 0 aliphatic rings. The van der Waals surface area contributed by atoms with Crippen molar-refractivity contribution in [1.29, 1.82) is 0 Å². The van der Waals surface area contributed by atoms with Crippen LogP contribution in [-0.2, 0) is 4.74 Å². The first kappa shape index (κ1) is 9.00. The minimum absolute atomic E-state index is 0.782. The molecule has 0 heterocycles. The second kappa shape index (κ2) is 8.00. The van der Waals surface area contributed by atoms with Gasteiger partial charge in [0, 0.05) is 18.4 Å². The van der Waals surface area contributed by atoms with E-state index in [2.05, 4.69) is 21.9 Å². The van der Waals surface area contributed by atoms with E-state index in [1.165, 1.54) is 0 Å². The smallest absolute Gasteiger partial charge is 0.0563 e. The lowest BCUT2D eigenvalue weighted by molar-refractivity contribution is 0.149. The fourth-order valence-corrected chi connectivity index (χ4v) is 0.662. The molecule has 0 radical (unpaired) electrons. The van der Waals surface area contributed by atoms with Gasteiger partial charge in [0.15, 0.2) is 0 Å². The Kier molecular flexibility index (Phi) is 8.00. The van der Waals surface area contributed by atoms with Crippen LogP contribution in [0.3, 0.4) is 0 Å². The van der Waals surface area contributed by atoms with Gasteiger partial charge in [0.05, 0.1) is 6.61 Å². The summed E-state index contributed by atoms with van der Waals surface area (Å²) in [5.74, 6) is 2.55. The van der Waals surface area contributed by atoms with Crippen molar-refractivity contribution in [3.63, 3.8) is 0 Å². The summed E-state index contributed by atoms with van der Waals surface area (Å²) in [6.45, 7) is 1.57. The fourth-order valence-electron chi connectivity index (χ4n) is 0.433. The van der Waals surface area contributed by atoms with Crippen molar-refractivity contribution in [2.75, 3.05) is 18.5 Å². The molecule has 0 fully saturated rings. The van der Waals surface area contributed by atoms with Crippen molar-refractivity contribution in [2.24, 2.45) is 0 Å². The second-order valence-corrected chi connectivity index (χ2v) is 2.40. The van der Waals surface area contributed by atoms with Gasteiger partial charge in [0.2, 0.25) is 0 Å². The number of halogens is 1. The lowest BCUT2D eigenvalue weighted by atomic mass is 10.3. The largest absolute Gasteiger partial charge is 0.381 e. The maximum absolute atomic E-state index is 5.14. The molecule has 0 aliphatic heterocycles. The fraction of sp³-hybridized carbons (Fsp3) is 0.714. The molecule has 9 heavy (non-hydrogen) atoms. The van der Waals surface area contributed by atoms with Gasteiger partial charge in [-0.25, -0.2) is 0 Å². The highest BCUT2D eigenvalue weighted by atomic mass is 79.9. The summed E-state index contributed by atoms with van der Waals surface area (Å²) in [4.78, 5) is 0. The van der Waals surface area contributed by atoms with Crippen LogP contribution in [0.2, 0.25) is 0 Å². The molecule has 0 atom stereocenters. The summed E-state index contributed by atoms with van der Waals surface area (Å²) in [6, 6.07) is 0. The topological polar surface area (TPSA) is 9.23 Å². The maximum Gasteiger partial charge on any atom is 0.0563 e. The van der Waals surface area contributed by atoms with Crippen molar-refractivity contribution < 1.29 is 4.74 Å². The van der Waals surface area contributed by atoms with Crippen LogP contribution in [0.4, 0.5) is 0 Å². The predicted molar refractivity (Wildman–Crippen MR) is 42.7 cm³/mol. The highest BCUT2D eigenvalue weighted by Crippen LogP contribution is 1.88. The van der Waals surface area contributed by atoms with Crippen LogP contribution < -0.4 is 0 Å². The number of rotatable bonds is 5. The number of terminal acetylenes is 1. The Morgan fingerprint density at radius 1 is 1.44 bits per heavy atom. The third-order valence-electron chi connectivity index (χ3n) is 0.831. The Labute approximate surface area is 64.9 Å². The van der Waals surface area contributed by atoms with Crippen LogP contribution in [-0.4, -0.2) is 18.5 Å². The molecule has 0 aliphatic carbocycles. The molecule has 0 N–H and O–H groups in total. The SMILES string of the molecule is C#CCCCOCCBr. The Bertz CT molecular complexity index is 85.4. The van der Waals surface area contributed by atoms with Crippen molar-refractivity contribution in [1.82, 2.24) is 0 Å². The van der Waals surface area contributed by atoms with Gasteiger partial charge in [0.1, 0.15) is 0 Å². The number of hydrogen-bond donors (Lipinski definition) is 0. The van der Waals surface area contributed by atoms with Crippen LogP contribution >= 0.6 is 15.9 Å². The first-order valence-corrected chi connectivity index (χ1v) is 4.11. The molecular formula is C7H11BrO. The molecule has 0 rings (SSSR count). The molecule has 2 heteroatoms. The summed E-state index contributed by atoms with van der Waals surface area (Å²) in [6.07, 6.45) is 6.83. The molecule has 52 valence electrons. The van der Waals surface area contributed by atoms with E-state index in [0.717, 1.165) is 31.4 Å². The number of ether oxygens (including phenoxy) is 1.